The van der Waals surface area contributed by atoms with E-state index in [2.05, 4.69) is 11.4 Å². The molecule has 1 N–H and O–H groups in total. The van der Waals surface area contributed by atoms with E-state index in [1.807, 2.05) is 48.5 Å². The molecule has 1 aliphatic carbocycles. The number of aromatic nitrogens is 1. The van der Waals surface area contributed by atoms with Crippen LogP contribution in [-0.4, -0.2) is 36.5 Å². The van der Waals surface area contributed by atoms with E-state index in [4.69, 9.17) is 18.9 Å². The number of benzene rings is 2. The Balaban J connectivity index is 1.41. The maximum absolute atomic E-state index is 13.2. The number of hydrogen-bond donors (Lipinski definition) is 1. The van der Waals surface area contributed by atoms with Gasteiger partial charge in [-0.05, 0) is 65.9 Å². The lowest BCUT2D eigenvalue weighted by Gasteiger charge is -2.12. The van der Waals surface area contributed by atoms with Crippen LogP contribution in [0.5, 0.6) is 5.75 Å². The van der Waals surface area contributed by atoms with E-state index < -0.39 is 24.4 Å². The molecule has 8 nitrogen and oxygen atoms in total. The van der Waals surface area contributed by atoms with Crippen LogP contribution >= 0.6 is 0 Å². The molecule has 0 spiro atoms. The molecule has 4 aromatic rings. The molecule has 0 saturated carbocycles. The van der Waals surface area contributed by atoms with Crippen molar-refractivity contribution in [3.8, 4) is 5.75 Å². The lowest BCUT2D eigenvalue weighted by Crippen LogP contribution is -2.34. The van der Waals surface area contributed by atoms with Crippen molar-refractivity contribution >= 4 is 40.3 Å². The highest BCUT2D eigenvalue weighted by atomic mass is 16.5. The normalized spacial score (nSPS) is 13.4. The maximum Gasteiger partial charge on any atom is 0.339 e. The van der Waals surface area contributed by atoms with Crippen molar-refractivity contribution in [2.75, 3.05) is 13.7 Å². The van der Waals surface area contributed by atoms with Crippen molar-refractivity contribution in [3.05, 3.63) is 95.1 Å². The summed E-state index contributed by atoms with van der Waals surface area (Å²) < 4.78 is 15.5. The number of hydrogen-bond acceptors (Lipinski definition) is 7. The Bertz CT molecular complexity index is 1490. The van der Waals surface area contributed by atoms with Crippen LogP contribution in [0.25, 0.3) is 22.6 Å². The van der Waals surface area contributed by atoms with E-state index in [-0.39, 0.29) is 5.76 Å². The van der Waals surface area contributed by atoms with Gasteiger partial charge >= 0.3 is 5.97 Å². The molecule has 0 unspecified atom stereocenters. The standard InChI is InChI=1S/C28H22N2O6/c1-34-19-11-8-17(9-12-19)15-18-10-13-21-25(20-5-2-3-6-22(20)29-26(18)21)28(33)36-16-24(31)30-27(32)23-7-4-14-35-23/h2-9,11-12,14-15H,10,13,16H2,1H3,(H,30,31,32)/b18-15-. The molecule has 5 rings (SSSR count). The first kappa shape index (κ1) is 23.0. The number of ether oxygens (including phenoxy) is 2. The largest absolute Gasteiger partial charge is 0.497 e. The van der Waals surface area contributed by atoms with Crippen molar-refractivity contribution in [2.24, 2.45) is 0 Å². The number of furan rings is 1. The van der Waals surface area contributed by atoms with Gasteiger partial charge < -0.3 is 13.9 Å². The lowest BCUT2D eigenvalue weighted by atomic mass is 10.0. The average molecular weight is 482 g/mol. The zero-order chi connectivity index (χ0) is 25.1. The molecule has 0 aliphatic heterocycles. The summed E-state index contributed by atoms with van der Waals surface area (Å²) in [7, 11) is 1.62. The van der Waals surface area contributed by atoms with Crippen LogP contribution < -0.4 is 10.1 Å². The van der Waals surface area contributed by atoms with Gasteiger partial charge in [0.25, 0.3) is 11.8 Å². The van der Waals surface area contributed by atoms with Crippen LogP contribution in [0.3, 0.4) is 0 Å². The quantitative estimate of drug-likeness (QED) is 0.405. The van der Waals surface area contributed by atoms with Crippen LogP contribution in [0.4, 0.5) is 0 Å². The molecule has 0 radical (unpaired) electrons. The van der Waals surface area contributed by atoms with Gasteiger partial charge in [0.1, 0.15) is 5.75 Å². The first-order valence-corrected chi connectivity index (χ1v) is 11.3. The SMILES string of the molecule is COc1ccc(/C=C2/CCc3c2nc2ccccc2c3C(=O)OCC(=O)NC(=O)c2ccco2)cc1. The van der Waals surface area contributed by atoms with E-state index in [1.54, 1.807) is 7.11 Å². The second-order valence-electron chi connectivity index (χ2n) is 8.20. The van der Waals surface area contributed by atoms with Gasteiger partial charge in [-0.15, -0.1) is 0 Å². The smallest absolute Gasteiger partial charge is 0.339 e. The molecule has 0 saturated heterocycles. The molecule has 2 heterocycles. The van der Waals surface area contributed by atoms with Gasteiger partial charge in [-0.3, -0.25) is 14.9 Å². The van der Waals surface area contributed by atoms with E-state index in [0.29, 0.717) is 29.3 Å². The second kappa shape index (κ2) is 9.87. The van der Waals surface area contributed by atoms with Gasteiger partial charge in [0.2, 0.25) is 0 Å². The summed E-state index contributed by atoms with van der Waals surface area (Å²) in [6.07, 6.45) is 4.70. The van der Waals surface area contributed by atoms with Gasteiger partial charge in [-0.1, -0.05) is 30.3 Å². The highest BCUT2D eigenvalue weighted by molar-refractivity contribution is 6.08. The molecule has 2 amide bonds. The van der Waals surface area contributed by atoms with E-state index in [0.717, 1.165) is 28.1 Å². The van der Waals surface area contributed by atoms with Crippen molar-refractivity contribution in [3.63, 3.8) is 0 Å². The third-order valence-corrected chi connectivity index (χ3v) is 5.93. The molecule has 0 bridgehead atoms. The number of imide groups is 1. The maximum atomic E-state index is 13.2. The molecular weight excluding hydrogens is 460 g/mol. The Morgan fingerprint density at radius 3 is 2.58 bits per heavy atom. The monoisotopic (exact) mass is 482 g/mol. The Kier molecular flexibility index (Phi) is 6.32. The molecule has 0 fully saturated rings. The number of allylic oxidation sites excluding steroid dienone is 1. The van der Waals surface area contributed by atoms with Gasteiger partial charge in [0.05, 0.1) is 30.1 Å². The number of nitrogens with one attached hydrogen (secondary N) is 1. The molecule has 2 aromatic heterocycles. The Morgan fingerprint density at radius 1 is 1.03 bits per heavy atom. The number of carbonyl (C=O) groups excluding carboxylic acids is 3. The van der Waals surface area contributed by atoms with Gasteiger partial charge in [0, 0.05) is 5.39 Å². The van der Waals surface area contributed by atoms with E-state index in [1.165, 1.54) is 18.4 Å². The van der Waals surface area contributed by atoms with Crippen LogP contribution in [0.15, 0.2) is 71.3 Å². The Labute approximate surface area is 206 Å². The summed E-state index contributed by atoms with van der Waals surface area (Å²) in [6.45, 7) is -0.606. The summed E-state index contributed by atoms with van der Waals surface area (Å²) in [4.78, 5) is 42.2. The molecule has 36 heavy (non-hydrogen) atoms. The zero-order valence-corrected chi connectivity index (χ0v) is 19.4. The van der Waals surface area contributed by atoms with Gasteiger partial charge in [-0.2, -0.15) is 0 Å². The number of fused-ring (bicyclic) bond motifs is 2. The number of esters is 1. The number of carbonyl (C=O) groups is 3. The summed E-state index contributed by atoms with van der Waals surface area (Å²) in [5.74, 6) is -1.34. The minimum atomic E-state index is -0.750. The molecule has 2 aromatic carbocycles. The molecular formula is C28H22N2O6. The lowest BCUT2D eigenvalue weighted by molar-refractivity contribution is -0.123. The number of amides is 2. The zero-order valence-electron chi connectivity index (χ0n) is 19.4. The van der Waals surface area contributed by atoms with Crippen LogP contribution in [0, 0.1) is 0 Å². The van der Waals surface area contributed by atoms with Crippen molar-refractivity contribution < 1.29 is 28.3 Å². The van der Waals surface area contributed by atoms with Crippen molar-refractivity contribution in [2.45, 2.75) is 12.8 Å². The average Bonchev–Trinajstić information content (AvgIpc) is 3.57. The summed E-state index contributed by atoms with van der Waals surface area (Å²) in [6, 6.07) is 18.0. The Morgan fingerprint density at radius 2 is 1.83 bits per heavy atom. The first-order valence-electron chi connectivity index (χ1n) is 11.3. The van der Waals surface area contributed by atoms with E-state index in [9.17, 15) is 14.4 Å². The fourth-order valence-electron chi connectivity index (χ4n) is 4.25. The minimum Gasteiger partial charge on any atom is -0.497 e. The molecule has 180 valence electrons. The number of nitrogens with zero attached hydrogens (tertiary/aromatic N) is 1. The topological polar surface area (TPSA) is 108 Å². The van der Waals surface area contributed by atoms with Crippen LogP contribution in [-0.2, 0) is 16.0 Å². The predicted molar refractivity (Wildman–Crippen MR) is 132 cm³/mol. The molecule has 1 aliphatic rings. The first-order chi connectivity index (χ1) is 17.5. The number of rotatable bonds is 6. The van der Waals surface area contributed by atoms with Gasteiger partial charge in [0.15, 0.2) is 12.4 Å². The van der Waals surface area contributed by atoms with Crippen molar-refractivity contribution in [1.82, 2.24) is 10.3 Å². The highest BCUT2D eigenvalue weighted by Gasteiger charge is 2.28. The predicted octanol–water partition coefficient (Wildman–Crippen LogP) is 4.44. The number of pyridine rings is 1. The number of methoxy groups -OCH3 is 1. The molecule has 0 atom stereocenters. The van der Waals surface area contributed by atoms with E-state index >= 15 is 0 Å². The minimum absolute atomic E-state index is 0.0104. The fraction of sp³-hybridized carbons (Fsp3) is 0.143. The third kappa shape index (κ3) is 4.61. The Hall–Kier alpha value is -4.72. The van der Waals surface area contributed by atoms with Gasteiger partial charge in [-0.25, -0.2) is 9.78 Å². The van der Waals surface area contributed by atoms with Crippen molar-refractivity contribution in [1.29, 1.82) is 0 Å². The summed E-state index contributed by atoms with van der Waals surface area (Å²) >= 11 is 0. The second-order valence-corrected chi connectivity index (χ2v) is 8.20. The van der Waals surface area contributed by atoms with Crippen LogP contribution in [0.1, 0.15) is 44.2 Å². The van der Waals surface area contributed by atoms with Crippen LogP contribution in [0.2, 0.25) is 0 Å². The number of para-hydroxylation sites is 1. The molecule has 8 heteroatoms. The summed E-state index contributed by atoms with van der Waals surface area (Å²) in [5, 5.41) is 2.79. The fourth-order valence-corrected chi connectivity index (χ4v) is 4.25. The highest BCUT2D eigenvalue weighted by Crippen LogP contribution is 2.38. The third-order valence-electron chi connectivity index (χ3n) is 5.93. The summed E-state index contributed by atoms with van der Waals surface area (Å²) in [5.41, 5.74) is 4.58.